The number of benzene rings is 8. The number of rotatable bonds is 2. The van der Waals surface area contributed by atoms with Gasteiger partial charge >= 0.3 is 0 Å². The van der Waals surface area contributed by atoms with E-state index in [0.29, 0.717) is 0 Å². The summed E-state index contributed by atoms with van der Waals surface area (Å²) in [6.45, 7) is 23.3. The second-order valence-corrected chi connectivity index (χ2v) is 24.2. The molecule has 3 aliphatic rings. The number of furan rings is 1. The monoisotopic (exact) mass is 911 g/mol. The third-order valence-corrected chi connectivity index (χ3v) is 16.7. The Kier molecular flexibility index (Phi) is 8.09. The van der Waals surface area contributed by atoms with Crippen molar-refractivity contribution in [2.45, 2.75) is 85.5 Å². The molecule has 69 heavy (non-hydrogen) atoms. The Morgan fingerprint density at radius 2 is 1.16 bits per heavy atom. The van der Waals surface area contributed by atoms with E-state index in [9.17, 15) is 0 Å². The standard InChI is InChI=1S/C63H54BN3OS/c1-35-26-49-56-50(27-35)67-51-32-39(62(5,6)7)30-45-44-29-38(61(2,3)4)21-24-48(44)66(57(45)51)52-33-40(63(8,9)10)31-47(59(52)67)64(56)60-58(46-28-37(20-25-53(46)68-60)36-16-12-11-13-17-36)65(49)41-22-23-43-42-18-14-15-19-54(42)69-55(43)34-41/h11-34H,1-10H3. The molecular weight excluding hydrogens is 858 g/mol. The second kappa shape index (κ2) is 13.6. The molecule has 8 aromatic carbocycles. The van der Waals surface area contributed by atoms with Gasteiger partial charge in [-0.2, -0.15) is 0 Å². The lowest BCUT2D eigenvalue weighted by Crippen LogP contribution is -2.61. The molecule has 4 nitrogen and oxygen atoms in total. The fourth-order valence-corrected chi connectivity index (χ4v) is 13.1. The van der Waals surface area contributed by atoms with Gasteiger partial charge in [0.05, 0.1) is 39.4 Å². The average Bonchev–Trinajstić information content (AvgIpc) is 3.99. The first-order valence-electron chi connectivity index (χ1n) is 24.6. The van der Waals surface area contributed by atoms with Crippen molar-refractivity contribution in [3.05, 3.63) is 168 Å². The van der Waals surface area contributed by atoms with Gasteiger partial charge in [0, 0.05) is 53.4 Å². The summed E-state index contributed by atoms with van der Waals surface area (Å²) in [7, 11) is 0. The van der Waals surface area contributed by atoms with Crippen LogP contribution in [0.2, 0.25) is 0 Å². The highest BCUT2D eigenvalue weighted by atomic mass is 32.1. The number of aromatic nitrogens is 1. The highest BCUT2D eigenvalue weighted by Gasteiger charge is 2.50. The number of anilines is 6. The van der Waals surface area contributed by atoms with E-state index < -0.39 is 0 Å². The summed E-state index contributed by atoms with van der Waals surface area (Å²) in [4.78, 5) is 5.22. The predicted molar refractivity (Wildman–Crippen MR) is 297 cm³/mol. The van der Waals surface area contributed by atoms with Gasteiger partial charge < -0.3 is 18.8 Å². The highest BCUT2D eigenvalue weighted by molar-refractivity contribution is 7.25. The molecule has 0 atom stereocenters. The molecule has 6 heterocycles. The molecule has 0 saturated carbocycles. The maximum Gasteiger partial charge on any atom is 0.297 e. The third kappa shape index (κ3) is 5.70. The minimum atomic E-state index is -0.174. The molecule has 14 rings (SSSR count). The first kappa shape index (κ1) is 41.0. The van der Waals surface area contributed by atoms with Gasteiger partial charge in [-0.1, -0.05) is 135 Å². The Bertz CT molecular complexity index is 4050. The normalized spacial score (nSPS) is 14.1. The molecule has 0 saturated heterocycles. The van der Waals surface area contributed by atoms with Crippen molar-refractivity contribution in [1.29, 1.82) is 0 Å². The van der Waals surface area contributed by atoms with Crippen LogP contribution in [0.1, 0.15) is 84.6 Å². The van der Waals surface area contributed by atoms with E-state index in [0.717, 1.165) is 28.0 Å². The van der Waals surface area contributed by atoms with E-state index in [1.165, 1.54) is 115 Å². The van der Waals surface area contributed by atoms with Gasteiger partial charge in [0.2, 0.25) is 0 Å². The summed E-state index contributed by atoms with van der Waals surface area (Å²) >= 11 is 1.87. The highest BCUT2D eigenvalue weighted by Crippen LogP contribution is 2.55. The van der Waals surface area contributed by atoms with Gasteiger partial charge in [-0.05, 0) is 140 Å². The van der Waals surface area contributed by atoms with E-state index in [1.54, 1.807) is 0 Å². The maximum atomic E-state index is 7.48. The molecule has 336 valence electrons. The number of hydrogen-bond acceptors (Lipinski definition) is 4. The van der Waals surface area contributed by atoms with Crippen LogP contribution in [0.25, 0.3) is 69.8 Å². The van der Waals surface area contributed by atoms with Gasteiger partial charge in [-0.25, -0.2) is 0 Å². The van der Waals surface area contributed by atoms with Crippen LogP contribution >= 0.6 is 11.3 Å². The molecule has 3 aromatic heterocycles. The van der Waals surface area contributed by atoms with Crippen molar-refractivity contribution < 1.29 is 4.42 Å². The Morgan fingerprint density at radius 3 is 1.93 bits per heavy atom. The molecule has 0 fully saturated rings. The van der Waals surface area contributed by atoms with Gasteiger partial charge in [0.25, 0.3) is 6.71 Å². The smallest absolute Gasteiger partial charge is 0.297 e. The molecule has 0 bridgehead atoms. The summed E-state index contributed by atoms with van der Waals surface area (Å²) in [5.41, 5.74) is 22.7. The van der Waals surface area contributed by atoms with Crippen LogP contribution in [0.15, 0.2) is 150 Å². The minimum absolute atomic E-state index is 0.00155. The fourth-order valence-electron chi connectivity index (χ4n) is 12.0. The summed E-state index contributed by atoms with van der Waals surface area (Å²) in [6.07, 6.45) is 0. The molecule has 0 spiro atoms. The van der Waals surface area contributed by atoms with Crippen LogP contribution in [0.4, 0.5) is 34.1 Å². The van der Waals surface area contributed by atoms with Crippen molar-refractivity contribution in [1.82, 2.24) is 4.57 Å². The van der Waals surface area contributed by atoms with E-state index >= 15 is 0 Å². The SMILES string of the molecule is Cc1cc2c3c(c1)N1c4c(cc(C(C)(C)C)cc4-n4c5ccc(C(C)(C)C)cc5c5cc(C(C)(C)C)cc1c54)B3c1oc3ccc(-c4ccccc4)cc3c1N2c1ccc2c(c1)sc1ccccc12. The van der Waals surface area contributed by atoms with Crippen molar-refractivity contribution in [2.75, 3.05) is 9.80 Å². The first-order chi connectivity index (χ1) is 33.0. The minimum Gasteiger partial charge on any atom is -0.468 e. The molecule has 0 radical (unpaired) electrons. The van der Waals surface area contributed by atoms with Crippen LogP contribution in [-0.2, 0) is 16.2 Å². The summed E-state index contributed by atoms with van der Waals surface area (Å²) < 4.78 is 12.7. The molecule has 6 heteroatoms. The Hall–Kier alpha value is -7.02. The zero-order chi connectivity index (χ0) is 47.2. The molecule has 0 N–H and O–H groups in total. The fraction of sp³-hybridized carbons (Fsp3) is 0.206. The van der Waals surface area contributed by atoms with E-state index in [4.69, 9.17) is 4.42 Å². The van der Waals surface area contributed by atoms with Crippen LogP contribution in [-0.4, -0.2) is 11.3 Å². The summed E-state index contributed by atoms with van der Waals surface area (Å²) in [6, 6.07) is 55.7. The van der Waals surface area contributed by atoms with E-state index in [1.807, 2.05) is 11.3 Å². The molecule has 0 amide bonds. The quantitative estimate of drug-likeness (QED) is 0.162. The van der Waals surface area contributed by atoms with Crippen LogP contribution in [0.5, 0.6) is 0 Å². The Balaban J connectivity index is 1.14. The predicted octanol–water partition coefficient (Wildman–Crippen LogP) is 16.2. The maximum absolute atomic E-state index is 7.48. The van der Waals surface area contributed by atoms with Crippen molar-refractivity contribution in [3.8, 4) is 16.8 Å². The van der Waals surface area contributed by atoms with Crippen LogP contribution in [0.3, 0.4) is 0 Å². The number of thiophene rings is 1. The summed E-state index contributed by atoms with van der Waals surface area (Å²) in [5, 5.41) is 6.33. The Morgan fingerprint density at radius 1 is 0.478 bits per heavy atom. The average molecular weight is 912 g/mol. The van der Waals surface area contributed by atoms with Crippen molar-refractivity contribution in [3.63, 3.8) is 0 Å². The van der Waals surface area contributed by atoms with E-state index in [2.05, 4.69) is 229 Å². The largest absolute Gasteiger partial charge is 0.468 e. The molecule has 11 aromatic rings. The van der Waals surface area contributed by atoms with E-state index in [-0.39, 0.29) is 23.0 Å². The van der Waals surface area contributed by atoms with Gasteiger partial charge in [-0.3, -0.25) is 0 Å². The molecule has 0 unspecified atom stereocenters. The number of nitrogens with zero attached hydrogens (tertiary/aromatic N) is 3. The number of fused-ring (bicyclic) bond motifs is 14. The zero-order valence-corrected chi connectivity index (χ0v) is 41.9. The van der Waals surface area contributed by atoms with Crippen molar-refractivity contribution >= 4 is 122 Å². The summed E-state index contributed by atoms with van der Waals surface area (Å²) in [5.74, 6) is 0. The van der Waals surface area contributed by atoms with Gasteiger partial charge in [0.15, 0.2) is 0 Å². The lowest BCUT2D eigenvalue weighted by molar-refractivity contribution is 0.590. The molecule has 3 aliphatic heterocycles. The first-order valence-corrected chi connectivity index (χ1v) is 25.4. The third-order valence-electron chi connectivity index (χ3n) is 15.5. The van der Waals surface area contributed by atoms with Gasteiger partial charge in [-0.15, -0.1) is 11.3 Å². The lowest BCUT2D eigenvalue weighted by atomic mass is 9.35. The number of aryl methyl sites for hydroxylation is 1. The second-order valence-electron chi connectivity index (χ2n) is 23.1. The lowest BCUT2D eigenvalue weighted by Gasteiger charge is -2.45. The molecule has 0 aliphatic carbocycles. The van der Waals surface area contributed by atoms with Crippen molar-refractivity contribution in [2.24, 2.45) is 0 Å². The topological polar surface area (TPSA) is 24.6 Å². The molecular formula is C63H54BN3OS. The zero-order valence-electron chi connectivity index (χ0n) is 41.1. The Labute approximate surface area is 408 Å². The number of hydrogen-bond donors (Lipinski definition) is 0. The van der Waals surface area contributed by atoms with Gasteiger partial charge in [0.1, 0.15) is 5.58 Å². The van der Waals surface area contributed by atoms with Crippen LogP contribution in [0, 0.1) is 6.92 Å². The van der Waals surface area contributed by atoms with Crippen LogP contribution < -0.4 is 26.4 Å².